The second-order valence-corrected chi connectivity index (χ2v) is 6.46. The van der Waals surface area contributed by atoms with Crippen molar-refractivity contribution in [1.29, 1.82) is 0 Å². The number of thioether (sulfide) groups is 1. The lowest BCUT2D eigenvalue weighted by Crippen LogP contribution is -2.37. The molecule has 0 saturated heterocycles. The molecular weight excluding hydrogens is 346 g/mol. The molecule has 4 nitrogen and oxygen atoms in total. The van der Waals surface area contributed by atoms with Gasteiger partial charge in [-0.05, 0) is 43.2 Å². The molecule has 0 heterocycles. The maximum Gasteiger partial charge on any atom is 0.319 e. The van der Waals surface area contributed by atoms with Crippen molar-refractivity contribution in [2.75, 3.05) is 12.4 Å². The van der Waals surface area contributed by atoms with Gasteiger partial charge in [0.05, 0.1) is 12.8 Å². The number of amides is 2. The average molecular weight is 366 g/mol. The zero-order chi connectivity index (χ0) is 18.2. The fraction of sp³-hybridized carbons (Fsp3) is 0.278. The molecule has 0 aliphatic carbocycles. The summed E-state index contributed by atoms with van der Waals surface area (Å²) in [5.74, 6) is -1.79. The number of urea groups is 1. The van der Waals surface area contributed by atoms with Gasteiger partial charge in [0.25, 0.3) is 5.76 Å². The zero-order valence-electron chi connectivity index (χ0n) is 14.0. The van der Waals surface area contributed by atoms with Crippen molar-refractivity contribution >= 4 is 23.5 Å². The highest BCUT2D eigenvalue weighted by molar-refractivity contribution is 7.99. The summed E-state index contributed by atoms with van der Waals surface area (Å²) in [6.45, 7) is 1.87. The quantitative estimate of drug-likeness (QED) is 0.695. The third-order valence-electron chi connectivity index (χ3n) is 3.40. The summed E-state index contributed by atoms with van der Waals surface area (Å²) in [5, 5.41) is 5.43. The summed E-state index contributed by atoms with van der Waals surface area (Å²) in [6.07, 6.45) is 0.623. The number of rotatable bonds is 7. The van der Waals surface area contributed by atoms with E-state index >= 15 is 0 Å². The first-order valence-corrected chi connectivity index (χ1v) is 8.60. The van der Waals surface area contributed by atoms with Crippen molar-refractivity contribution in [3.8, 4) is 5.75 Å². The molecule has 134 valence electrons. The molecule has 2 rings (SSSR count). The van der Waals surface area contributed by atoms with Crippen LogP contribution >= 0.6 is 11.8 Å². The molecule has 1 atom stereocenters. The Balaban J connectivity index is 1.93. The SMILES string of the molecule is COc1cccc(CC(C)NC(=O)Nc2ccccc2SC(F)F)c1. The van der Waals surface area contributed by atoms with Crippen molar-refractivity contribution in [1.82, 2.24) is 5.32 Å². The summed E-state index contributed by atoms with van der Waals surface area (Å²) >= 11 is 0.403. The Morgan fingerprint density at radius 3 is 2.68 bits per heavy atom. The van der Waals surface area contributed by atoms with Crippen LogP contribution in [-0.4, -0.2) is 24.9 Å². The standard InChI is InChI=1S/C18H20F2N2O2S/c1-12(10-13-6-5-7-14(11-13)24-2)21-18(23)22-15-8-3-4-9-16(15)25-17(19)20/h3-9,11-12,17H,10H2,1-2H3,(H2,21,22,23). The molecule has 0 aliphatic rings. The molecule has 0 bridgehead atoms. The van der Waals surface area contributed by atoms with E-state index in [0.717, 1.165) is 11.3 Å². The molecule has 7 heteroatoms. The van der Waals surface area contributed by atoms with Crippen LogP contribution in [0.25, 0.3) is 0 Å². The monoisotopic (exact) mass is 366 g/mol. The highest BCUT2D eigenvalue weighted by Gasteiger charge is 2.13. The predicted molar refractivity (Wildman–Crippen MR) is 96.6 cm³/mol. The topological polar surface area (TPSA) is 50.4 Å². The molecule has 25 heavy (non-hydrogen) atoms. The van der Waals surface area contributed by atoms with Gasteiger partial charge in [-0.1, -0.05) is 36.0 Å². The summed E-state index contributed by atoms with van der Waals surface area (Å²) < 4.78 is 30.3. The lowest BCUT2D eigenvalue weighted by atomic mass is 10.1. The van der Waals surface area contributed by atoms with Gasteiger partial charge < -0.3 is 15.4 Å². The van der Waals surface area contributed by atoms with E-state index in [-0.39, 0.29) is 6.04 Å². The zero-order valence-corrected chi connectivity index (χ0v) is 14.8. The maximum atomic E-state index is 12.6. The lowest BCUT2D eigenvalue weighted by molar-refractivity contribution is 0.248. The Kier molecular flexibility index (Phi) is 7.06. The maximum absolute atomic E-state index is 12.6. The molecule has 2 N–H and O–H groups in total. The predicted octanol–water partition coefficient (Wildman–Crippen LogP) is 4.76. The Morgan fingerprint density at radius 2 is 1.96 bits per heavy atom. The number of hydrogen-bond acceptors (Lipinski definition) is 3. The first-order valence-electron chi connectivity index (χ1n) is 7.72. The number of hydrogen-bond donors (Lipinski definition) is 2. The number of ether oxygens (including phenoxy) is 1. The minimum Gasteiger partial charge on any atom is -0.497 e. The van der Waals surface area contributed by atoms with Gasteiger partial charge >= 0.3 is 6.03 Å². The van der Waals surface area contributed by atoms with Gasteiger partial charge in [0.1, 0.15) is 5.75 Å². The number of nitrogens with one attached hydrogen (secondary N) is 2. The number of methoxy groups -OCH3 is 1. The number of carbonyl (C=O) groups is 1. The number of para-hydroxylation sites is 1. The first kappa shape index (κ1) is 19.1. The van der Waals surface area contributed by atoms with E-state index in [9.17, 15) is 13.6 Å². The Bertz CT molecular complexity index is 713. The normalized spacial score (nSPS) is 11.9. The van der Waals surface area contributed by atoms with E-state index in [1.54, 1.807) is 31.4 Å². The van der Waals surface area contributed by atoms with Gasteiger partial charge in [0, 0.05) is 10.9 Å². The molecule has 2 aromatic carbocycles. The second-order valence-electron chi connectivity index (χ2n) is 5.43. The molecule has 2 amide bonds. The van der Waals surface area contributed by atoms with E-state index < -0.39 is 11.8 Å². The van der Waals surface area contributed by atoms with Crippen LogP contribution in [0.15, 0.2) is 53.4 Å². The first-order chi connectivity index (χ1) is 12.0. The number of benzene rings is 2. The van der Waals surface area contributed by atoms with Crippen LogP contribution < -0.4 is 15.4 Å². The fourth-order valence-corrected chi connectivity index (χ4v) is 2.95. The Labute approximate surface area is 150 Å². The summed E-state index contributed by atoms with van der Waals surface area (Å²) in [5.41, 5.74) is 1.39. The van der Waals surface area contributed by atoms with Crippen LogP contribution in [0.3, 0.4) is 0 Å². The van der Waals surface area contributed by atoms with E-state index in [4.69, 9.17) is 4.74 Å². The molecule has 0 saturated carbocycles. The number of halogens is 2. The van der Waals surface area contributed by atoms with E-state index in [1.807, 2.05) is 31.2 Å². The van der Waals surface area contributed by atoms with E-state index in [2.05, 4.69) is 10.6 Å². The van der Waals surface area contributed by atoms with Crippen LogP contribution in [-0.2, 0) is 6.42 Å². The van der Waals surface area contributed by atoms with Crippen LogP contribution in [0.5, 0.6) is 5.75 Å². The Hall–Kier alpha value is -2.28. The van der Waals surface area contributed by atoms with Gasteiger partial charge in [-0.25, -0.2) is 4.79 Å². The molecule has 1 unspecified atom stereocenters. The molecular formula is C18H20F2N2O2S. The molecule has 2 aromatic rings. The van der Waals surface area contributed by atoms with E-state index in [0.29, 0.717) is 28.8 Å². The smallest absolute Gasteiger partial charge is 0.319 e. The van der Waals surface area contributed by atoms with Crippen LogP contribution in [0, 0.1) is 0 Å². The molecule has 0 spiro atoms. The molecule has 0 radical (unpaired) electrons. The molecule has 0 fully saturated rings. The summed E-state index contributed by atoms with van der Waals surface area (Å²) in [4.78, 5) is 12.5. The Morgan fingerprint density at radius 1 is 1.20 bits per heavy atom. The number of alkyl halides is 2. The van der Waals surface area contributed by atoms with Crippen LogP contribution in [0.1, 0.15) is 12.5 Å². The fourth-order valence-electron chi connectivity index (χ4n) is 2.35. The van der Waals surface area contributed by atoms with Gasteiger partial charge in [-0.15, -0.1) is 0 Å². The van der Waals surface area contributed by atoms with Crippen LogP contribution in [0.4, 0.5) is 19.3 Å². The van der Waals surface area contributed by atoms with Crippen molar-refractivity contribution < 1.29 is 18.3 Å². The average Bonchev–Trinajstić information content (AvgIpc) is 2.56. The van der Waals surface area contributed by atoms with Crippen molar-refractivity contribution in [3.05, 3.63) is 54.1 Å². The summed E-state index contributed by atoms with van der Waals surface area (Å²) in [6, 6.07) is 13.5. The van der Waals surface area contributed by atoms with E-state index in [1.165, 1.54) is 0 Å². The van der Waals surface area contributed by atoms with Crippen molar-refractivity contribution in [3.63, 3.8) is 0 Å². The third-order valence-corrected chi connectivity index (χ3v) is 4.19. The molecule has 0 aromatic heterocycles. The third kappa shape index (κ3) is 6.26. The highest BCUT2D eigenvalue weighted by atomic mass is 32.2. The molecule has 0 aliphatic heterocycles. The minimum atomic E-state index is -2.54. The van der Waals surface area contributed by atoms with Gasteiger partial charge in [0.15, 0.2) is 0 Å². The van der Waals surface area contributed by atoms with Gasteiger partial charge in [-0.2, -0.15) is 8.78 Å². The largest absolute Gasteiger partial charge is 0.497 e. The number of carbonyl (C=O) groups excluding carboxylic acids is 1. The second kappa shape index (κ2) is 9.27. The lowest BCUT2D eigenvalue weighted by Gasteiger charge is -2.16. The minimum absolute atomic E-state index is 0.137. The summed E-state index contributed by atoms with van der Waals surface area (Å²) in [7, 11) is 1.60. The highest BCUT2D eigenvalue weighted by Crippen LogP contribution is 2.31. The van der Waals surface area contributed by atoms with Crippen LogP contribution in [0.2, 0.25) is 0 Å². The van der Waals surface area contributed by atoms with Gasteiger partial charge in [0.2, 0.25) is 0 Å². The van der Waals surface area contributed by atoms with Crippen molar-refractivity contribution in [2.24, 2.45) is 0 Å². The van der Waals surface area contributed by atoms with Crippen molar-refractivity contribution in [2.45, 2.75) is 30.0 Å². The number of anilines is 1. The van der Waals surface area contributed by atoms with Gasteiger partial charge in [-0.3, -0.25) is 0 Å².